The van der Waals surface area contributed by atoms with Crippen LogP contribution in [0, 0.1) is 0 Å². The van der Waals surface area contributed by atoms with Crippen LogP contribution in [0.2, 0.25) is 19.1 Å². The summed E-state index contributed by atoms with van der Waals surface area (Å²) in [6, 6.07) is 0.760. The summed E-state index contributed by atoms with van der Waals surface area (Å²) < 4.78 is 63.6. The van der Waals surface area contributed by atoms with Crippen molar-refractivity contribution in [2.45, 2.75) is 37.2 Å². The Morgan fingerprint density at radius 1 is 1.32 bits per heavy atom. The minimum Gasteiger partial charge on any atom is -0.460 e. The first kappa shape index (κ1) is 18.4. The van der Waals surface area contributed by atoms with E-state index >= 15 is 0 Å². The molecule has 0 unspecified atom stereocenters. The molecule has 114 valence electrons. The molecular formula is C9H18F2O6SSi. The summed E-state index contributed by atoms with van der Waals surface area (Å²) in [7, 11) is -5.94. The molecule has 0 aromatic carbocycles. The maximum absolute atomic E-state index is 12.8. The van der Waals surface area contributed by atoms with Crippen LogP contribution in [0.15, 0.2) is 0 Å². The summed E-state index contributed by atoms with van der Waals surface area (Å²) >= 11 is 0. The molecule has 0 fully saturated rings. The lowest BCUT2D eigenvalue weighted by Crippen LogP contribution is -2.39. The molecule has 0 atom stereocenters. The zero-order valence-corrected chi connectivity index (χ0v) is 12.8. The van der Waals surface area contributed by atoms with E-state index in [4.69, 9.17) is 8.98 Å². The van der Waals surface area contributed by atoms with E-state index in [1.165, 1.54) is 0 Å². The molecule has 19 heavy (non-hydrogen) atoms. The van der Waals surface area contributed by atoms with Crippen LogP contribution in [0.5, 0.6) is 0 Å². The van der Waals surface area contributed by atoms with Gasteiger partial charge in [-0.05, 0) is 25.6 Å². The topological polar surface area (TPSA) is 89.9 Å². The van der Waals surface area contributed by atoms with Crippen molar-refractivity contribution in [3.8, 4) is 0 Å². The Morgan fingerprint density at radius 3 is 2.26 bits per heavy atom. The zero-order valence-electron chi connectivity index (χ0n) is 11.0. The third-order valence-electron chi connectivity index (χ3n) is 2.52. The van der Waals surface area contributed by atoms with E-state index in [-0.39, 0.29) is 6.61 Å². The highest BCUT2D eigenvalue weighted by Crippen LogP contribution is 2.22. The number of carbonyl (C=O) groups is 1. The second-order valence-electron chi connectivity index (χ2n) is 4.55. The predicted octanol–water partition coefficient (Wildman–Crippen LogP) is 1.64. The molecular weight excluding hydrogens is 302 g/mol. The van der Waals surface area contributed by atoms with Gasteiger partial charge in [0.2, 0.25) is 0 Å². The number of unbranched alkanes of at least 4 members (excludes halogenated alkanes) is 1. The Labute approximate surface area is 112 Å². The molecule has 0 radical (unpaired) electrons. The van der Waals surface area contributed by atoms with Gasteiger partial charge in [0.05, 0.1) is 6.61 Å². The summed E-state index contributed by atoms with van der Waals surface area (Å²) in [5.74, 6) is -2.27. The number of hydrogen-bond donors (Lipinski definition) is 1. The van der Waals surface area contributed by atoms with Crippen LogP contribution in [0.4, 0.5) is 8.78 Å². The SMILES string of the molecule is CO[Si](C)(C)CCCCOC(=O)C(F)(F)S(=O)(=O)O. The molecule has 1 N–H and O–H groups in total. The van der Waals surface area contributed by atoms with Crippen molar-refractivity contribution in [1.29, 1.82) is 0 Å². The third kappa shape index (κ3) is 5.93. The Kier molecular flexibility index (Phi) is 6.52. The van der Waals surface area contributed by atoms with Gasteiger partial charge in [-0.15, -0.1) is 0 Å². The number of ether oxygens (including phenoxy) is 1. The fourth-order valence-electron chi connectivity index (χ4n) is 1.11. The second-order valence-corrected chi connectivity index (χ2v) is 10.4. The minimum absolute atomic E-state index is 0.313. The smallest absolute Gasteiger partial charge is 0.460 e. The van der Waals surface area contributed by atoms with Crippen molar-refractivity contribution < 1.29 is 35.7 Å². The Balaban J connectivity index is 4.08. The van der Waals surface area contributed by atoms with Gasteiger partial charge in [-0.25, -0.2) is 4.79 Å². The molecule has 0 rings (SSSR count). The molecule has 0 aromatic rings. The van der Waals surface area contributed by atoms with Crippen molar-refractivity contribution in [2.75, 3.05) is 13.7 Å². The lowest BCUT2D eigenvalue weighted by molar-refractivity contribution is -0.161. The van der Waals surface area contributed by atoms with E-state index in [1.807, 2.05) is 13.1 Å². The van der Waals surface area contributed by atoms with Crippen LogP contribution >= 0.6 is 0 Å². The van der Waals surface area contributed by atoms with E-state index in [2.05, 4.69) is 4.74 Å². The largest absolute Gasteiger partial charge is 0.465 e. The van der Waals surface area contributed by atoms with Crippen LogP contribution in [-0.4, -0.2) is 46.2 Å². The van der Waals surface area contributed by atoms with E-state index in [1.54, 1.807) is 7.11 Å². The Hall–Kier alpha value is -0.583. The van der Waals surface area contributed by atoms with E-state index in [0.717, 1.165) is 6.04 Å². The van der Waals surface area contributed by atoms with Gasteiger partial charge in [0.25, 0.3) is 0 Å². The summed E-state index contributed by atoms with van der Waals surface area (Å²) in [5, 5.41) is -4.92. The number of esters is 1. The molecule has 0 aromatic heterocycles. The van der Waals surface area contributed by atoms with Gasteiger partial charge in [-0.2, -0.15) is 17.2 Å². The van der Waals surface area contributed by atoms with Crippen molar-refractivity contribution >= 4 is 24.4 Å². The lowest BCUT2D eigenvalue weighted by Gasteiger charge is -2.19. The van der Waals surface area contributed by atoms with Gasteiger partial charge in [-0.3, -0.25) is 4.55 Å². The molecule has 10 heteroatoms. The molecule has 0 saturated carbocycles. The molecule has 0 heterocycles. The average molecular weight is 320 g/mol. The van der Waals surface area contributed by atoms with E-state index < -0.39 is 29.7 Å². The fourth-order valence-corrected chi connectivity index (χ4v) is 2.68. The second kappa shape index (κ2) is 6.73. The highest BCUT2D eigenvalue weighted by atomic mass is 32.2. The van der Waals surface area contributed by atoms with Gasteiger partial charge in [-0.1, -0.05) is 6.42 Å². The molecule has 0 bridgehead atoms. The summed E-state index contributed by atoms with van der Waals surface area (Å²) in [4.78, 5) is 10.8. The molecule has 0 amide bonds. The molecule has 6 nitrogen and oxygen atoms in total. The number of alkyl halides is 2. The highest BCUT2D eigenvalue weighted by Gasteiger charge is 2.54. The number of carbonyl (C=O) groups excluding carboxylic acids is 1. The summed E-state index contributed by atoms with van der Waals surface area (Å²) in [6.45, 7) is 3.62. The zero-order chi connectivity index (χ0) is 15.3. The van der Waals surface area contributed by atoms with Crippen LogP contribution in [0.3, 0.4) is 0 Å². The molecule has 0 saturated heterocycles. The van der Waals surface area contributed by atoms with E-state index in [9.17, 15) is 22.0 Å². The van der Waals surface area contributed by atoms with Crippen LogP contribution in [0.25, 0.3) is 0 Å². The van der Waals surface area contributed by atoms with Gasteiger partial charge in [0.1, 0.15) is 0 Å². The van der Waals surface area contributed by atoms with Crippen molar-refractivity contribution in [3.05, 3.63) is 0 Å². The van der Waals surface area contributed by atoms with Crippen LogP contribution in [-0.2, 0) is 24.1 Å². The summed E-state index contributed by atoms with van der Waals surface area (Å²) in [6.07, 6.45) is 0.922. The standard InChI is InChI=1S/C9H18F2O6SSi/c1-16-19(2,3)7-5-4-6-17-8(12)9(10,11)18(13,14)15/h4-7H2,1-3H3,(H,13,14,15). The van der Waals surface area contributed by atoms with E-state index in [0.29, 0.717) is 12.8 Å². The van der Waals surface area contributed by atoms with Crippen LogP contribution in [0.1, 0.15) is 12.8 Å². The third-order valence-corrected chi connectivity index (χ3v) is 6.00. The number of rotatable bonds is 8. The van der Waals surface area contributed by atoms with Crippen molar-refractivity contribution in [3.63, 3.8) is 0 Å². The minimum atomic E-state index is -5.79. The molecule has 0 spiro atoms. The van der Waals surface area contributed by atoms with Crippen molar-refractivity contribution in [2.24, 2.45) is 0 Å². The van der Waals surface area contributed by atoms with Gasteiger partial charge < -0.3 is 9.16 Å². The Morgan fingerprint density at radius 2 is 1.84 bits per heavy atom. The average Bonchev–Trinajstić information content (AvgIpc) is 2.26. The molecule has 0 aliphatic carbocycles. The number of hydrogen-bond acceptors (Lipinski definition) is 5. The predicted molar refractivity (Wildman–Crippen MR) is 66.0 cm³/mol. The highest BCUT2D eigenvalue weighted by molar-refractivity contribution is 7.87. The van der Waals surface area contributed by atoms with Crippen molar-refractivity contribution in [1.82, 2.24) is 0 Å². The van der Waals surface area contributed by atoms with Gasteiger partial charge in [0.15, 0.2) is 8.32 Å². The Bertz CT molecular complexity index is 409. The first-order valence-electron chi connectivity index (χ1n) is 5.51. The molecule has 0 aliphatic heterocycles. The van der Waals surface area contributed by atoms with Gasteiger partial charge in [0, 0.05) is 7.11 Å². The first-order valence-corrected chi connectivity index (χ1v) is 10.1. The maximum atomic E-state index is 12.8. The normalized spacial score (nSPS) is 13.4. The number of halogens is 2. The monoisotopic (exact) mass is 320 g/mol. The van der Waals surface area contributed by atoms with Gasteiger partial charge >= 0.3 is 21.3 Å². The fraction of sp³-hybridized carbons (Fsp3) is 0.889. The maximum Gasteiger partial charge on any atom is 0.465 e. The van der Waals surface area contributed by atoms with Crippen LogP contribution < -0.4 is 0 Å². The summed E-state index contributed by atoms with van der Waals surface area (Å²) in [5.41, 5.74) is 0. The lowest BCUT2D eigenvalue weighted by atomic mass is 10.4. The first-order chi connectivity index (χ1) is 8.44. The quantitative estimate of drug-likeness (QED) is 0.316. The molecule has 0 aliphatic rings.